The van der Waals surface area contributed by atoms with E-state index in [0.29, 0.717) is 12.8 Å². The fourth-order valence-corrected chi connectivity index (χ4v) is 2.83. The first-order chi connectivity index (χ1) is 11.4. The lowest BCUT2D eigenvalue weighted by Gasteiger charge is -2.30. The van der Waals surface area contributed by atoms with E-state index in [0.717, 1.165) is 11.3 Å². The Bertz CT molecular complexity index is 639. The number of carboxylic acids is 1. The summed E-state index contributed by atoms with van der Waals surface area (Å²) in [6.45, 7) is 0. The van der Waals surface area contributed by atoms with Crippen LogP contribution in [0.25, 0.3) is 0 Å². The van der Waals surface area contributed by atoms with E-state index in [2.05, 4.69) is 20.3 Å². The third-order valence-electron chi connectivity index (χ3n) is 3.36. The number of thiazole rings is 1. The number of nitrogens with two attached hydrogens (primary N) is 1. The number of nitrogens with zero attached hydrogens (tertiary/aromatic N) is 2. The van der Waals surface area contributed by atoms with Crippen molar-refractivity contribution in [1.82, 2.24) is 10.3 Å². The molecule has 0 radical (unpaired) electrons. The summed E-state index contributed by atoms with van der Waals surface area (Å²) in [6.07, 6.45) is -0.0262. The number of hydrogen-bond acceptors (Lipinski definition) is 9. The van der Waals surface area contributed by atoms with Gasteiger partial charge in [0.15, 0.2) is 10.8 Å². The lowest BCUT2D eigenvalue weighted by Crippen LogP contribution is -2.54. The average Bonchev–Trinajstić information content (AvgIpc) is 2.93. The minimum Gasteiger partial charge on any atom is -0.481 e. The van der Waals surface area contributed by atoms with Crippen molar-refractivity contribution >= 4 is 41.2 Å². The monoisotopic (exact) mass is 356 g/mol. The maximum absolute atomic E-state index is 12.4. The van der Waals surface area contributed by atoms with Gasteiger partial charge in [0.25, 0.3) is 5.91 Å². The second kappa shape index (κ2) is 8.08. The van der Waals surface area contributed by atoms with Crippen molar-refractivity contribution in [3.8, 4) is 0 Å². The molecule has 1 amide bonds. The number of carboxylic acid groups (broad SMARTS) is 1. The zero-order chi connectivity index (χ0) is 17.7. The Morgan fingerprint density at radius 2 is 2.38 bits per heavy atom. The van der Waals surface area contributed by atoms with Gasteiger partial charge in [0.2, 0.25) is 0 Å². The van der Waals surface area contributed by atoms with Crippen LogP contribution >= 0.6 is 11.3 Å². The van der Waals surface area contributed by atoms with Gasteiger partial charge in [0, 0.05) is 5.38 Å². The van der Waals surface area contributed by atoms with E-state index in [-0.39, 0.29) is 23.0 Å². The summed E-state index contributed by atoms with van der Waals surface area (Å²) >= 11 is 1.15. The van der Waals surface area contributed by atoms with Crippen molar-refractivity contribution in [2.75, 3.05) is 12.8 Å². The molecule has 1 aliphatic rings. The van der Waals surface area contributed by atoms with Crippen molar-refractivity contribution in [1.29, 1.82) is 0 Å². The van der Waals surface area contributed by atoms with E-state index >= 15 is 0 Å². The predicted octanol–water partition coefficient (Wildman–Crippen LogP) is -0.766. The number of carbonyl (C=O) groups is 2. The molecule has 1 saturated heterocycles. The first-order valence-corrected chi connectivity index (χ1v) is 7.97. The highest BCUT2D eigenvalue weighted by atomic mass is 32.1. The Morgan fingerprint density at radius 3 is 2.92 bits per heavy atom. The number of rotatable bonds is 6. The van der Waals surface area contributed by atoms with Gasteiger partial charge in [-0.1, -0.05) is 5.16 Å². The Kier molecular flexibility index (Phi) is 6.12. The minimum absolute atomic E-state index is 0.0784. The third-order valence-corrected chi connectivity index (χ3v) is 4.03. The molecule has 1 fully saturated rings. The maximum Gasteiger partial charge on any atom is 0.478 e. The summed E-state index contributed by atoms with van der Waals surface area (Å²) in [4.78, 5) is 31.7. The van der Waals surface area contributed by atoms with Gasteiger partial charge in [-0.15, -0.1) is 11.3 Å². The van der Waals surface area contributed by atoms with Gasteiger partial charge >= 0.3 is 13.1 Å². The molecule has 0 bridgehead atoms. The molecular formula is C12H17BN4O6S. The Morgan fingerprint density at radius 1 is 1.62 bits per heavy atom. The molecule has 2 rings (SSSR count). The number of nitrogen functional groups attached to an aromatic ring is 1. The van der Waals surface area contributed by atoms with Crippen LogP contribution in [0.1, 0.15) is 25.0 Å². The molecule has 0 aromatic carbocycles. The van der Waals surface area contributed by atoms with Crippen LogP contribution in [0.2, 0.25) is 0 Å². The fourth-order valence-electron chi connectivity index (χ4n) is 2.29. The molecule has 1 aromatic heterocycles. The lowest BCUT2D eigenvalue weighted by molar-refractivity contribution is -0.139. The Labute approximate surface area is 141 Å². The molecule has 0 aliphatic carbocycles. The minimum atomic E-state index is -1.31. The van der Waals surface area contributed by atoms with Gasteiger partial charge < -0.3 is 30.7 Å². The molecular weight excluding hydrogens is 339 g/mol. The molecule has 5 N–H and O–H groups in total. The van der Waals surface area contributed by atoms with Crippen LogP contribution in [-0.2, 0) is 19.1 Å². The fraction of sp³-hybridized carbons (Fsp3) is 0.500. The van der Waals surface area contributed by atoms with E-state index in [1.165, 1.54) is 7.11 Å². The first kappa shape index (κ1) is 18.2. The Balaban J connectivity index is 2.00. The van der Waals surface area contributed by atoms with Crippen LogP contribution < -0.4 is 11.1 Å². The van der Waals surface area contributed by atoms with E-state index in [1.807, 2.05) is 0 Å². The lowest BCUT2D eigenvalue weighted by atomic mass is 9.72. The highest BCUT2D eigenvalue weighted by Gasteiger charge is 2.37. The highest BCUT2D eigenvalue weighted by Crippen LogP contribution is 2.19. The number of oxime groups is 1. The quantitative estimate of drug-likeness (QED) is 0.294. The summed E-state index contributed by atoms with van der Waals surface area (Å²) in [5.74, 6) is -2.31. The summed E-state index contributed by atoms with van der Waals surface area (Å²) in [7, 11) is -0.0192. The second-order valence-electron chi connectivity index (χ2n) is 5.10. The summed E-state index contributed by atoms with van der Waals surface area (Å²) in [5.41, 5.74) is 5.72. The SMILES string of the molecule is CO/N=C(\C(=O)N[C@H]1CC[C@@H](CC(=O)O)OB1O)c1csc(N)n1. The smallest absolute Gasteiger partial charge is 0.478 e. The zero-order valence-corrected chi connectivity index (χ0v) is 13.7. The largest absolute Gasteiger partial charge is 0.481 e. The van der Waals surface area contributed by atoms with Crippen LogP contribution in [0.4, 0.5) is 5.13 Å². The molecule has 1 aromatic rings. The van der Waals surface area contributed by atoms with E-state index in [1.54, 1.807) is 5.38 Å². The van der Waals surface area contributed by atoms with Crippen LogP contribution in [0, 0.1) is 0 Å². The van der Waals surface area contributed by atoms with Gasteiger partial charge in [-0.2, -0.15) is 0 Å². The van der Waals surface area contributed by atoms with Gasteiger partial charge in [-0.25, -0.2) is 4.98 Å². The van der Waals surface area contributed by atoms with Crippen LogP contribution in [-0.4, -0.2) is 59.0 Å². The molecule has 1 aliphatic heterocycles. The van der Waals surface area contributed by atoms with Crippen molar-refractivity contribution in [2.24, 2.45) is 5.16 Å². The second-order valence-corrected chi connectivity index (χ2v) is 5.99. The van der Waals surface area contributed by atoms with Crippen molar-refractivity contribution < 1.29 is 29.2 Å². The molecule has 130 valence electrons. The third kappa shape index (κ3) is 4.66. The number of anilines is 1. The van der Waals surface area contributed by atoms with Crippen molar-refractivity contribution in [3.63, 3.8) is 0 Å². The normalized spacial score (nSPS) is 21.4. The first-order valence-electron chi connectivity index (χ1n) is 7.09. The maximum atomic E-state index is 12.4. The standard InChI is InChI=1S/C12H17BN4O6S/c1-22-17-10(7-5-24-12(14)15-7)11(20)16-8-3-2-6(4-9(18)19)23-13(8)21/h5-6,8,21H,2-4H2,1H3,(H2,14,15)(H,16,20)(H,18,19)/b17-10-/t6-,8-/m0/s1. The molecule has 24 heavy (non-hydrogen) atoms. The molecule has 2 atom stereocenters. The number of hydrogen-bond donors (Lipinski definition) is 4. The summed E-state index contributed by atoms with van der Waals surface area (Å²) < 4.78 is 5.22. The van der Waals surface area contributed by atoms with Crippen LogP contribution in [0.15, 0.2) is 10.5 Å². The van der Waals surface area contributed by atoms with Crippen LogP contribution in [0.3, 0.4) is 0 Å². The number of nitrogens with one attached hydrogen (secondary N) is 1. The number of aromatic nitrogens is 1. The van der Waals surface area contributed by atoms with Crippen molar-refractivity contribution in [2.45, 2.75) is 31.3 Å². The van der Waals surface area contributed by atoms with Crippen LogP contribution in [0.5, 0.6) is 0 Å². The molecule has 12 heteroatoms. The topological polar surface area (TPSA) is 156 Å². The van der Waals surface area contributed by atoms with E-state index in [4.69, 9.17) is 15.5 Å². The van der Waals surface area contributed by atoms with Gasteiger partial charge in [-0.3, -0.25) is 9.59 Å². The molecule has 10 nitrogen and oxygen atoms in total. The van der Waals surface area contributed by atoms with Gasteiger partial charge in [0.1, 0.15) is 12.8 Å². The number of amides is 1. The summed E-state index contributed by atoms with van der Waals surface area (Å²) in [6, 6.07) is 0. The number of carbonyl (C=O) groups excluding carboxylic acids is 1. The summed E-state index contributed by atoms with van der Waals surface area (Å²) in [5, 5.41) is 26.8. The van der Waals surface area contributed by atoms with Gasteiger partial charge in [-0.05, 0) is 12.8 Å². The zero-order valence-electron chi connectivity index (χ0n) is 12.8. The Hall–Kier alpha value is -2.18. The van der Waals surface area contributed by atoms with E-state index in [9.17, 15) is 14.6 Å². The molecule has 2 heterocycles. The average molecular weight is 356 g/mol. The highest BCUT2D eigenvalue weighted by molar-refractivity contribution is 7.13. The molecule has 0 saturated carbocycles. The van der Waals surface area contributed by atoms with Gasteiger partial charge in [0.05, 0.1) is 18.5 Å². The van der Waals surface area contributed by atoms with E-state index < -0.39 is 31.0 Å². The predicted molar refractivity (Wildman–Crippen MR) is 86.3 cm³/mol. The van der Waals surface area contributed by atoms with Crippen molar-refractivity contribution in [3.05, 3.63) is 11.1 Å². The molecule has 0 spiro atoms. The number of aliphatic carboxylic acids is 1. The molecule has 0 unspecified atom stereocenters.